The van der Waals surface area contributed by atoms with Gasteiger partial charge in [0.05, 0.1) is 12.7 Å². The summed E-state index contributed by atoms with van der Waals surface area (Å²) in [6, 6.07) is 0. The Labute approximate surface area is 109 Å². The van der Waals surface area contributed by atoms with Gasteiger partial charge in [0.2, 0.25) is 5.88 Å². The average molecular weight is 250 g/mol. The lowest BCUT2D eigenvalue weighted by Crippen LogP contribution is -2.37. The predicted molar refractivity (Wildman–Crippen MR) is 72.2 cm³/mol. The first kappa shape index (κ1) is 13.1. The Hall–Kier alpha value is -1.36. The van der Waals surface area contributed by atoms with E-state index in [4.69, 9.17) is 4.74 Å². The average Bonchev–Trinajstić information content (AvgIpc) is 2.41. The molecule has 0 radical (unpaired) electrons. The van der Waals surface area contributed by atoms with Crippen LogP contribution in [-0.4, -0.2) is 43.8 Å². The molecule has 2 rings (SSSR count). The summed E-state index contributed by atoms with van der Waals surface area (Å²) in [6.45, 7) is 5.26. The number of nitrogens with zero attached hydrogens (tertiary/aromatic N) is 3. The molecule has 2 heterocycles. The molecule has 0 bridgehead atoms. The number of hydrogen-bond donors (Lipinski definition) is 1. The van der Waals surface area contributed by atoms with Gasteiger partial charge in [-0.1, -0.05) is 0 Å². The molecule has 18 heavy (non-hydrogen) atoms. The fourth-order valence-electron chi connectivity index (χ4n) is 2.59. The quantitative estimate of drug-likeness (QED) is 0.871. The summed E-state index contributed by atoms with van der Waals surface area (Å²) in [5.41, 5.74) is 1.03. The van der Waals surface area contributed by atoms with Crippen LogP contribution in [0.15, 0.2) is 6.33 Å². The maximum absolute atomic E-state index is 5.25. The van der Waals surface area contributed by atoms with Gasteiger partial charge in [0.25, 0.3) is 0 Å². The van der Waals surface area contributed by atoms with Gasteiger partial charge in [-0.2, -0.15) is 0 Å². The second-order valence-electron chi connectivity index (χ2n) is 4.82. The van der Waals surface area contributed by atoms with E-state index in [1.807, 2.05) is 14.0 Å². The molecule has 1 N–H and O–H groups in total. The maximum atomic E-state index is 5.25. The molecule has 5 nitrogen and oxygen atoms in total. The van der Waals surface area contributed by atoms with Crippen LogP contribution < -0.4 is 15.0 Å². The third-order valence-corrected chi connectivity index (χ3v) is 3.61. The monoisotopic (exact) mass is 250 g/mol. The number of nitrogens with one attached hydrogen (secondary N) is 1. The van der Waals surface area contributed by atoms with Gasteiger partial charge in [-0.05, 0) is 39.3 Å². The Bertz CT molecular complexity index is 389. The summed E-state index contributed by atoms with van der Waals surface area (Å²) in [5, 5.41) is 3.26. The van der Waals surface area contributed by atoms with Gasteiger partial charge < -0.3 is 15.0 Å². The summed E-state index contributed by atoms with van der Waals surface area (Å²) >= 11 is 0. The van der Waals surface area contributed by atoms with Gasteiger partial charge in [0.1, 0.15) is 12.1 Å². The van der Waals surface area contributed by atoms with Crippen LogP contribution >= 0.6 is 0 Å². The molecule has 1 saturated heterocycles. The normalized spacial score (nSPS) is 16.9. The van der Waals surface area contributed by atoms with Gasteiger partial charge in [0, 0.05) is 13.1 Å². The highest BCUT2D eigenvalue weighted by atomic mass is 16.5. The highest BCUT2D eigenvalue weighted by Crippen LogP contribution is 2.27. The predicted octanol–water partition coefficient (Wildman–Crippen LogP) is 1.23. The van der Waals surface area contributed by atoms with Crippen LogP contribution in [0.5, 0.6) is 5.88 Å². The van der Waals surface area contributed by atoms with Crippen molar-refractivity contribution in [3.63, 3.8) is 0 Å². The topological polar surface area (TPSA) is 50.3 Å². The van der Waals surface area contributed by atoms with Crippen LogP contribution in [0.4, 0.5) is 5.82 Å². The molecule has 0 saturated carbocycles. The summed E-state index contributed by atoms with van der Waals surface area (Å²) in [4.78, 5) is 10.9. The Morgan fingerprint density at radius 2 is 2.11 bits per heavy atom. The number of piperidine rings is 1. The van der Waals surface area contributed by atoms with E-state index in [-0.39, 0.29) is 0 Å². The van der Waals surface area contributed by atoms with Crippen LogP contribution in [0, 0.1) is 12.8 Å². The maximum Gasteiger partial charge on any atom is 0.221 e. The Morgan fingerprint density at radius 1 is 1.39 bits per heavy atom. The van der Waals surface area contributed by atoms with Crippen LogP contribution in [-0.2, 0) is 0 Å². The van der Waals surface area contributed by atoms with Crippen molar-refractivity contribution in [2.24, 2.45) is 5.92 Å². The van der Waals surface area contributed by atoms with Crippen molar-refractivity contribution in [2.45, 2.75) is 19.8 Å². The van der Waals surface area contributed by atoms with Crippen molar-refractivity contribution >= 4 is 5.82 Å². The smallest absolute Gasteiger partial charge is 0.221 e. The zero-order chi connectivity index (χ0) is 13.0. The Balaban J connectivity index is 2.05. The molecular weight excluding hydrogens is 228 g/mol. The zero-order valence-corrected chi connectivity index (χ0v) is 11.4. The lowest BCUT2D eigenvalue weighted by Gasteiger charge is -2.33. The summed E-state index contributed by atoms with van der Waals surface area (Å²) < 4.78 is 5.25. The number of rotatable bonds is 4. The first-order valence-electron chi connectivity index (χ1n) is 6.51. The minimum absolute atomic E-state index is 0.678. The van der Waals surface area contributed by atoms with E-state index in [0.29, 0.717) is 5.88 Å². The molecule has 0 aliphatic carbocycles. The third kappa shape index (κ3) is 2.72. The van der Waals surface area contributed by atoms with Crippen molar-refractivity contribution in [3.05, 3.63) is 11.9 Å². The van der Waals surface area contributed by atoms with Gasteiger partial charge in [0.15, 0.2) is 0 Å². The highest BCUT2D eigenvalue weighted by molar-refractivity contribution is 5.50. The number of anilines is 1. The van der Waals surface area contributed by atoms with E-state index in [0.717, 1.165) is 36.9 Å². The summed E-state index contributed by atoms with van der Waals surface area (Å²) in [6.07, 6.45) is 4.01. The van der Waals surface area contributed by atoms with Crippen LogP contribution in [0.25, 0.3) is 0 Å². The molecule has 0 aromatic carbocycles. The molecule has 5 heteroatoms. The van der Waals surface area contributed by atoms with Gasteiger partial charge in [-0.15, -0.1) is 0 Å². The molecule has 0 amide bonds. The van der Waals surface area contributed by atoms with Crippen LogP contribution in [0.1, 0.15) is 18.4 Å². The zero-order valence-electron chi connectivity index (χ0n) is 11.4. The first-order valence-corrected chi connectivity index (χ1v) is 6.51. The van der Waals surface area contributed by atoms with Crippen molar-refractivity contribution in [1.82, 2.24) is 15.3 Å². The molecule has 1 aliphatic heterocycles. The van der Waals surface area contributed by atoms with Crippen molar-refractivity contribution in [3.8, 4) is 5.88 Å². The van der Waals surface area contributed by atoms with E-state index in [1.54, 1.807) is 13.4 Å². The fourth-order valence-corrected chi connectivity index (χ4v) is 2.59. The molecule has 1 aliphatic rings. The van der Waals surface area contributed by atoms with Crippen molar-refractivity contribution in [2.75, 3.05) is 38.7 Å². The van der Waals surface area contributed by atoms with Gasteiger partial charge >= 0.3 is 0 Å². The SMILES string of the molecule is CNCC1CCN(c2ncnc(OC)c2C)CC1. The molecule has 0 atom stereocenters. The second kappa shape index (κ2) is 6.00. The van der Waals surface area contributed by atoms with E-state index in [9.17, 15) is 0 Å². The lowest BCUT2D eigenvalue weighted by atomic mass is 9.96. The highest BCUT2D eigenvalue weighted by Gasteiger charge is 2.21. The van der Waals surface area contributed by atoms with Gasteiger partial charge in [-0.25, -0.2) is 9.97 Å². The van der Waals surface area contributed by atoms with Crippen molar-refractivity contribution in [1.29, 1.82) is 0 Å². The summed E-state index contributed by atoms with van der Waals surface area (Å²) in [5.74, 6) is 2.48. The summed E-state index contributed by atoms with van der Waals surface area (Å²) in [7, 11) is 3.67. The minimum Gasteiger partial charge on any atom is -0.481 e. The molecule has 0 unspecified atom stereocenters. The fraction of sp³-hybridized carbons (Fsp3) is 0.692. The standard InChI is InChI=1S/C13H22N4O/c1-10-12(15-9-16-13(10)18-3)17-6-4-11(5-7-17)8-14-2/h9,11,14H,4-8H2,1-3H3. The second-order valence-corrected chi connectivity index (χ2v) is 4.82. The third-order valence-electron chi connectivity index (χ3n) is 3.61. The van der Waals surface area contributed by atoms with E-state index < -0.39 is 0 Å². The molecule has 1 fully saturated rings. The van der Waals surface area contributed by atoms with E-state index in [1.165, 1.54) is 12.8 Å². The number of hydrogen-bond acceptors (Lipinski definition) is 5. The van der Waals surface area contributed by atoms with Gasteiger partial charge in [-0.3, -0.25) is 0 Å². The van der Waals surface area contributed by atoms with Crippen LogP contribution in [0.2, 0.25) is 0 Å². The van der Waals surface area contributed by atoms with E-state index in [2.05, 4.69) is 20.2 Å². The molecule has 1 aromatic rings. The van der Waals surface area contributed by atoms with Crippen molar-refractivity contribution < 1.29 is 4.74 Å². The number of methoxy groups -OCH3 is 1. The van der Waals surface area contributed by atoms with Crippen LogP contribution in [0.3, 0.4) is 0 Å². The van der Waals surface area contributed by atoms with E-state index >= 15 is 0 Å². The minimum atomic E-state index is 0.678. The first-order chi connectivity index (χ1) is 8.76. The molecule has 1 aromatic heterocycles. The Kier molecular flexibility index (Phi) is 4.36. The number of ether oxygens (including phenoxy) is 1. The largest absolute Gasteiger partial charge is 0.481 e. The Morgan fingerprint density at radius 3 is 2.72 bits per heavy atom. The molecule has 0 spiro atoms. The molecule has 100 valence electrons. The molecular formula is C13H22N4O. The number of aromatic nitrogens is 2. The lowest BCUT2D eigenvalue weighted by molar-refractivity contribution is 0.384.